The summed E-state index contributed by atoms with van der Waals surface area (Å²) in [5, 5.41) is 0. The van der Waals surface area contributed by atoms with Gasteiger partial charge in [0.25, 0.3) is 5.91 Å². The van der Waals surface area contributed by atoms with Gasteiger partial charge in [0.05, 0.1) is 14.2 Å². The molecule has 0 spiro atoms. The molecular formula is C22H26N2O4. The van der Waals surface area contributed by atoms with E-state index in [4.69, 9.17) is 9.47 Å². The number of carbonyl (C=O) groups excluding carboxylic acids is 2. The Hall–Kier alpha value is -3.02. The third-order valence-electron chi connectivity index (χ3n) is 5.06. The number of piperazine rings is 1. The number of benzene rings is 2. The van der Waals surface area contributed by atoms with Crippen molar-refractivity contribution < 1.29 is 19.1 Å². The van der Waals surface area contributed by atoms with Crippen LogP contribution in [0.4, 0.5) is 0 Å². The zero-order valence-corrected chi connectivity index (χ0v) is 16.4. The van der Waals surface area contributed by atoms with Crippen molar-refractivity contribution in [2.24, 2.45) is 0 Å². The molecule has 2 aromatic carbocycles. The highest BCUT2D eigenvalue weighted by molar-refractivity contribution is 5.94. The van der Waals surface area contributed by atoms with Crippen LogP contribution in [0.3, 0.4) is 0 Å². The van der Waals surface area contributed by atoms with Crippen molar-refractivity contribution in [2.75, 3.05) is 40.4 Å². The maximum atomic E-state index is 12.6. The number of carbonyl (C=O) groups is 2. The van der Waals surface area contributed by atoms with Gasteiger partial charge in [-0.15, -0.1) is 0 Å². The minimum atomic E-state index is -0.0104. The zero-order valence-electron chi connectivity index (χ0n) is 16.4. The molecule has 1 aliphatic rings. The van der Waals surface area contributed by atoms with E-state index in [2.05, 4.69) is 0 Å². The molecule has 3 rings (SSSR count). The van der Waals surface area contributed by atoms with Crippen LogP contribution in [0.15, 0.2) is 48.5 Å². The van der Waals surface area contributed by atoms with Gasteiger partial charge in [0.15, 0.2) is 0 Å². The van der Waals surface area contributed by atoms with Gasteiger partial charge in [-0.05, 0) is 42.3 Å². The van der Waals surface area contributed by atoms with Crippen molar-refractivity contribution >= 4 is 11.8 Å². The number of aryl methyl sites for hydroxylation is 1. The standard InChI is InChI=1S/C22H26N2O4/c1-27-19-10-7-18(8-11-19)22(26)24-15-13-23(14-16-24)21(25)12-9-17-5-3-4-6-20(17)28-2/h3-8,10-11H,9,12-16H2,1-2H3. The van der Waals surface area contributed by atoms with Gasteiger partial charge in [0.1, 0.15) is 11.5 Å². The van der Waals surface area contributed by atoms with E-state index < -0.39 is 0 Å². The first-order valence-corrected chi connectivity index (χ1v) is 9.45. The van der Waals surface area contributed by atoms with Crippen LogP contribution in [0, 0.1) is 0 Å². The molecule has 28 heavy (non-hydrogen) atoms. The lowest BCUT2D eigenvalue weighted by Crippen LogP contribution is -2.50. The van der Waals surface area contributed by atoms with E-state index in [0.717, 1.165) is 17.1 Å². The second-order valence-electron chi connectivity index (χ2n) is 6.71. The quantitative estimate of drug-likeness (QED) is 0.771. The van der Waals surface area contributed by atoms with Gasteiger partial charge in [0, 0.05) is 38.2 Å². The number of para-hydroxylation sites is 1. The number of nitrogens with zero attached hydrogens (tertiary/aromatic N) is 2. The van der Waals surface area contributed by atoms with Gasteiger partial charge < -0.3 is 19.3 Å². The minimum absolute atomic E-state index is 0.0104. The van der Waals surface area contributed by atoms with Gasteiger partial charge in [-0.2, -0.15) is 0 Å². The van der Waals surface area contributed by atoms with Crippen LogP contribution in [-0.2, 0) is 11.2 Å². The average molecular weight is 382 g/mol. The lowest BCUT2D eigenvalue weighted by atomic mass is 10.1. The van der Waals surface area contributed by atoms with Crippen LogP contribution in [0.5, 0.6) is 11.5 Å². The topological polar surface area (TPSA) is 59.1 Å². The monoisotopic (exact) mass is 382 g/mol. The molecule has 1 fully saturated rings. The van der Waals surface area contributed by atoms with Gasteiger partial charge in [0.2, 0.25) is 5.91 Å². The fraction of sp³-hybridized carbons (Fsp3) is 0.364. The molecule has 0 saturated carbocycles. The maximum absolute atomic E-state index is 12.6. The molecule has 0 radical (unpaired) electrons. The Morgan fingerprint density at radius 2 is 1.50 bits per heavy atom. The largest absolute Gasteiger partial charge is 0.497 e. The highest BCUT2D eigenvalue weighted by atomic mass is 16.5. The van der Waals surface area contributed by atoms with Crippen LogP contribution >= 0.6 is 0 Å². The molecule has 1 heterocycles. The molecule has 2 aromatic rings. The third kappa shape index (κ3) is 4.63. The Balaban J connectivity index is 1.50. The molecule has 0 atom stereocenters. The molecule has 1 aliphatic heterocycles. The average Bonchev–Trinajstić information content (AvgIpc) is 2.77. The minimum Gasteiger partial charge on any atom is -0.497 e. The first-order chi connectivity index (χ1) is 13.6. The van der Waals surface area contributed by atoms with E-state index in [1.165, 1.54) is 0 Å². The molecule has 0 unspecified atom stereocenters. The predicted molar refractivity (Wildman–Crippen MR) is 107 cm³/mol. The van der Waals surface area contributed by atoms with Gasteiger partial charge in [-0.1, -0.05) is 18.2 Å². The van der Waals surface area contributed by atoms with Crippen molar-refractivity contribution in [3.63, 3.8) is 0 Å². The second-order valence-corrected chi connectivity index (χ2v) is 6.71. The Labute approximate surface area is 165 Å². The third-order valence-corrected chi connectivity index (χ3v) is 5.06. The van der Waals surface area contributed by atoms with E-state index in [9.17, 15) is 9.59 Å². The smallest absolute Gasteiger partial charge is 0.253 e. The first kappa shape index (κ1) is 19.7. The molecule has 6 heteroatoms. The summed E-state index contributed by atoms with van der Waals surface area (Å²) < 4.78 is 10.5. The summed E-state index contributed by atoms with van der Waals surface area (Å²) in [4.78, 5) is 28.8. The van der Waals surface area contributed by atoms with Crippen LogP contribution in [0.1, 0.15) is 22.3 Å². The van der Waals surface area contributed by atoms with Crippen LogP contribution in [0.25, 0.3) is 0 Å². The molecule has 148 valence electrons. The fourth-order valence-electron chi connectivity index (χ4n) is 3.38. The Bertz CT molecular complexity index is 812. The lowest BCUT2D eigenvalue weighted by Gasteiger charge is -2.35. The molecule has 0 aromatic heterocycles. The summed E-state index contributed by atoms with van der Waals surface area (Å²) in [5.74, 6) is 1.64. The number of rotatable bonds is 6. The maximum Gasteiger partial charge on any atom is 0.253 e. The van der Waals surface area contributed by atoms with Crippen molar-refractivity contribution in [3.8, 4) is 11.5 Å². The SMILES string of the molecule is COc1ccc(C(=O)N2CCN(C(=O)CCc3ccccc3OC)CC2)cc1. The van der Waals surface area contributed by atoms with Gasteiger partial charge in [-0.25, -0.2) is 0 Å². The summed E-state index contributed by atoms with van der Waals surface area (Å²) in [6.07, 6.45) is 1.08. The Morgan fingerprint density at radius 3 is 2.14 bits per heavy atom. The summed E-state index contributed by atoms with van der Waals surface area (Å²) in [7, 11) is 3.24. The van der Waals surface area contributed by atoms with Crippen molar-refractivity contribution in [3.05, 3.63) is 59.7 Å². The normalized spacial score (nSPS) is 13.9. The van der Waals surface area contributed by atoms with E-state index in [-0.39, 0.29) is 11.8 Å². The number of ether oxygens (including phenoxy) is 2. The second kappa shape index (κ2) is 9.26. The Kier molecular flexibility index (Phi) is 6.53. The molecule has 6 nitrogen and oxygen atoms in total. The number of methoxy groups -OCH3 is 2. The number of hydrogen-bond acceptors (Lipinski definition) is 4. The zero-order chi connectivity index (χ0) is 19.9. The van der Waals surface area contributed by atoms with E-state index in [0.29, 0.717) is 44.6 Å². The summed E-state index contributed by atoms with van der Waals surface area (Å²) in [6, 6.07) is 14.9. The Morgan fingerprint density at radius 1 is 0.857 bits per heavy atom. The van der Waals surface area contributed by atoms with Crippen LogP contribution in [0.2, 0.25) is 0 Å². The molecule has 0 aliphatic carbocycles. The van der Waals surface area contributed by atoms with E-state index in [1.807, 2.05) is 29.2 Å². The van der Waals surface area contributed by atoms with Gasteiger partial charge >= 0.3 is 0 Å². The van der Waals surface area contributed by atoms with Crippen molar-refractivity contribution in [2.45, 2.75) is 12.8 Å². The molecule has 0 N–H and O–H groups in total. The van der Waals surface area contributed by atoms with Crippen LogP contribution in [-0.4, -0.2) is 62.0 Å². The lowest BCUT2D eigenvalue weighted by molar-refractivity contribution is -0.132. The first-order valence-electron chi connectivity index (χ1n) is 9.45. The van der Waals surface area contributed by atoms with Crippen molar-refractivity contribution in [1.82, 2.24) is 9.80 Å². The summed E-state index contributed by atoms with van der Waals surface area (Å²) in [5.41, 5.74) is 1.67. The molecular weight excluding hydrogens is 356 g/mol. The number of amides is 2. The van der Waals surface area contributed by atoms with E-state index >= 15 is 0 Å². The number of hydrogen-bond donors (Lipinski definition) is 0. The highest BCUT2D eigenvalue weighted by Crippen LogP contribution is 2.20. The van der Waals surface area contributed by atoms with Crippen LogP contribution < -0.4 is 9.47 Å². The van der Waals surface area contributed by atoms with Crippen molar-refractivity contribution in [1.29, 1.82) is 0 Å². The fourth-order valence-corrected chi connectivity index (χ4v) is 3.38. The predicted octanol–water partition coefficient (Wildman–Crippen LogP) is 2.62. The summed E-state index contributed by atoms with van der Waals surface area (Å²) >= 11 is 0. The summed E-state index contributed by atoms with van der Waals surface area (Å²) in [6.45, 7) is 2.22. The van der Waals surface area contributed by atoms with Gasteiger partial charge in [-0.3, -0.25) is 9.59 Å². The molecule has 0 bridgehead atoms. The highest BCUT2D eigenvalue weighted by Gasteiger charge is 2.24. The van der Waals surface area contributed by atoms with E-state index in [1.54, 1.807) is 43.4 Å². The molecule has 1 saturated heterocycles. The molecule has 2 amide bonds.